The second kappa shape index (κ2) is 6.28. The van der Waals surface area contributed by atoms with Gasteiger partial charge in [0.2, 0.25) is 0 Å². The maximum atomic E-state index is 12.4. The molecule has 1 aromatic rings. The van der Waals surface area contributed by atoms with Gasteiger partial charge in [-0.2, -0.15) is 0 Å². The number of ether oxygens (including phenoxy) is 1. The molecule has 1 aliphatic rings. The van der Waals surface area contributed by atoms with Crippen LogP contribution in [-0.2, 0) is 9.53 Å². The van der Waals surface area contributed by atoms with Crippen molar-refractivity contribution < 1.29 is 19.4 Å². The van der Waals surface area contributed by atoms with Crippen molar-refractivity contribution in [1.82, 2.24) is 4.90 Å². The molecule has 1 fully saturated rings. The number of morpholine rings is 1. The zero-order valence-electron chi connectivity index (χ0n) is 11.4. The van der Waals surface area contributed by atoms with Crippen LogP contribution in [0.5, 0.6) is 0 Å². The lowest BCUT2D eigenvalue weighted by atomic mass is 10.1. The van der Waals surface area contributed by atoms with Crippen LogP contribution in [0.3, 0.4) is 0 Å². The number of rotatable bonds is 3. The first kappa shape index (κ1) is 14.9. The van der Waals surface area contributed by atoms with E-state index in [9.17, 15) is 9.59 Å². The van der Waals surface area contributed by atoms with Gasteiger partial charge in [-0.15, -0.1) is 11.8 Å². The predicted octanol–water partition coefficient (Wildman–Crippen LogP) is 1.72. The molecule has 1 saturated heterocycles. The van der Waals surface area contributed by atoms with E-state index in [1.807, 2.05) is 18.4 Å². The summed E-state index contributed by atoms with van der Waals surface area (Å²) >= 11 is 1.61. The highest BCUT2D eigenvalue weighted by Crippen LogP contribution is 2.18. The lowest BCUT2D eigenvalue weighted by Crippen LogP contribution is -2.51. The Labute approximate surface area is 121 Å². The van der Waals surface area contributed by atoms with Gasteiger partial charge in [-0.05, 0) is 37.4 Å². The van der Waals surface area contributed by atoms with E-state index >= 15 is 0 Å². The summed E-state index contributed by atoms with van der Waals surface area (Å²) in [4.78, 5) is 26.0. The number of thioether (sulfide) groups is 1. The van der Waals surface area contributed by atoms with Crippen LogP contribution in [-0.4, -0.2) is 53.4 Å². The molecule has 1 heterocycles. The van der Waals surface area contributed by atoms with Gasteiger partial charge in [0.1, 0.15) is 0 Å². The Balaban J connectivity index is 2.12. The molecule has 0 spiro atoms. The van der Waals surface area contributed by atoms with Gasteiger partial charge >= 0.3 is 5.97 Å². The maximum Gasteiger partial charge on any atom is 0.334 e. The third-order valence-corrected chi connectivity index (χ3v) is 3.90. The lowest BCUT2D eigenvalue weighted by Gasteiger charge is -2.35. The first-order valence-electron chi connectivity index (χ1n) is 6.33. The summed E-state index contributed by atoms with van der Waals surface area (Å²) in [6.07, 6.45) is 0.741. The molecule has 0 bridgehead atoms. The van der Waals surface area contributed by atoms with Crippen LogP contribution in [0.15, 0.2) is 29.2 Å². The maximum absolute atomic E-state index is 12.4. The van der Waals surface area contributed by atoms with E-state index in [0.717, 1.165) is 4.90 Å². The SMILES string of the molecule is CSc1ccc(C(=O)N2CC(C(=O)O)O[C@H](C)C2)cc1. The number of carbonyl (C=O) groups is 2. The van der Waals surface area contributed by atoms with E-state index in [-0.39, 0.29) is 18.6 Å². The van der Waals surface area contributed by atoms with Gasteiger partial charge in [0, 0.05) is 17.0 Å². The van der Waals surface area contributed by atoms with Gasteiger partial charge in [0.05, 0.1) is 12.6 Å². The average molecular weight is 295 g/mol. The molecule has 2 rings (SSSR count). The fourth-order valence-electron chi connectivity index (χ4n) is 2.17. The third kappa shape index (κ3) is 3.32. The van der Waals surface area contributed by atoms with Gasteiger partial charge in [0.15, 0.2) is 6.10 Å². The van der Waals surface area contributed by atoms with Crippen LogP contribution in [0.25, 0.3) is 0 Å². The number of carbonyl (C=O) groups excluding carboxylic acids is 1. The van der Waals surface area contributed by atoms with E-state index in [1.165, 1.54) is 0 Å². The summed E-state index contributed by atoms with van der Waals surface area (Å²) in [6, 6.07) is 7.31. The highest BCUT2D eigenvalue weighted by molar-refractivity contribution is 7.98. The predicted molar refractivity (Wildman–Crippen MR) is 76.1 cm³/mol. The Morgan fingerprint density at radius 2 is 1.95 bits per heavy atom. The van der Waals surface area contributed by atoms with Crippen molar-refractivity contribution in [2.24, 2.45) is 0 Å². The van der Waals surface area contributed by atoms with Crippen molar-refractivity contribution >= 4 is 23.6 Å². The first-order valence-corrected chi connectivity index (χ1v) is 7.55. The summed E-state index contributed by atoms with van der Waals surface area (Å²) in [5, 5.41) is 9.03. The number of nitrogens with zero attached hydrogens (tertiary/aromatic N) is 1. The Kier molecular flexibility index (Phi) is 4.67. The van der Waals surface area contributed by atoms with Gasteiger partial charge in [-0.1, -0.05) is 0 Å². The van der Waals surface area contributed by atoms with Crippen LogP contribution in [0, 0.1) is 0 Å². The fourth-order valence-corrected chi connectivity index (χ4v) is 2.58. The fraction of sp³-hybridized carbons (Fsp3) is 0.429. The van der Waals surface area contributed by atoms with Crippen LogP contribution in [0.1, 0.15) is 17.3 Å². The van der Waals surface area contributed by atoms with E-state index in [4.69, 9.17) is 9.84 Å². The van der Waals surface area contributed by atoms with Gasteiger partial charge in [0.25, 0.3) is 5.91 Å². The zero-order chi connectivity index (χ0) is 14.7. The molecule has 20 heavy (non-hydrogen) atoms. The topological polar surface area (TPSA) is 66.8 Å². The molecule has 5 nitrogen and oxygen atoms in total. The van der Waals surface area contributed by atoms with E-state index in [0.29, 0.717) is 12.1 Å². The smallest absolute Gasteiger partial charge is 0.334 e. The summed E-state index contributed by atoms with van der Waals surface area (Å²) in [6.45, 7) is 2.27. The molecular formula is C14H17NO4S. The van der Waals surface area contributed by atoms with E-state index < -0.39 is 12.1 Å². The number of benzene rings is 1. The lowest BCUT2D eigenvalue weighted by molar-refractivity contribution is -0.160. The molecule has 0 aliphatic carbocycles. The van der Waals surface area contributed by atoms with E-state index in [2.05, 4.69) is 0 Å². The third-order valence-electron chi connectivity index (χ3n) is 3.16. The molecule has 1 unspecified atom stereocenters. The normalized spacial score (nSPS) is 22.6. The molecule has 108 valence electrons. The largest absolute Gasteiger partial charge is 0.479 e. The number of carboxylic acids is 1. The number of aliphatic carboxylic acids is 1. The van der Waals surface area contributed by atoms with Crippen molar-refractivity contribution in [1.29, 1.82) is 0 Å². The van der Waals surface area contributed by atoms with Gasteiger partial charge in [-0.25, -0.2) is 4.79 Å². The second-order valence-electron chi connectivity index (χ2n) is 4.71. The molecule has 1 aliphatic heterocycles. The summed E-state index contributed by atoms with van der Waals surface area (Å²) < 4.78 is 5.30. The zero-order valence-corrected chi connectivity index (χ0v) is 12.2. The van der Waals surface area contributed by atoms with Crippen molar-refractivity contribution in [2.75, 3.05) is 19.3 Å². The first-order chi connectivity index (χ1) is 9.51. The number of carboxylic acid groups (broad SMARTS) is 1. The number of hydrogen-bond donors (Lipinski definition) is 1. The minimum absolute atomic E-state index is 0.0861. The average Bonchev–Trinajstić information content (AvgIpc) is 2.46. The van der Waals surface area contributed by atoms with E-state index in [1.54, 1.807) is 35.7 Å². The standard InChI is InChI=1S/C14H17NO4S/c1-9-7-15(8-12(19-9)14(17)18)13(16)10-3-5-11(20-2)6-4-10/h3-6,9,12H,7-8H2,1-2H3,(H,17,18)/t9-,12?/m1/s1. The minimum Gasteiger partial charge on any atom is -0.479 e. The molecular weight excluding hydrogens is 278 g/mol. The highest BCUT2D eigenvalue weighted by Gasteiger charge is 2.32. The summed E-state index contributed by atoms with van der Waals surface area (Å²) in [7, 11) is 0. The molecule has 1 aromatic carbocycles. The van der Waals surface area contributed by atoms with Crippen LogP contribution in [0.4, 0.5) is 0 Å². The Morgan fingerprint density at radius 3 is 2.50 bits per heavy atom. The van der Waals surface area contributed by atoms with Crippen molar-refractivity contribution in [2.45, 2.75) is 24.0 Å². The number of hydrogen-bond acceptors (Lipinski definition) is 4. The van der Waals surface area contributed by atoms with Gasteiger partial charge < -0.3 is 14.7 Å². The Hall–Kier alpha value is -1.53. The molecule has 2 atom stereocenters. The molecule has 1 N–H and O–H groups in total. The summed E-state index contributed by atoms with van der Waals surface area (Å²) in [5.74, 6) is -1.19. The van der Waals surface area contributed by atoms with Crippen molar-refractivity contribution in [3.8, 4) is 0 Å². The molecule has 0 saturated carbocycles. The van der Waals surface area contributed by atoms with Crippen molar-refractivity contribution in [3.05, 3.63) is 29.8 Å². The quantitative estimate of drug-likeness (QED) is 0.860. The van der Waals surface area contributed by atoms with Crippen LogP contribution >= 0.6 is 11.8 Å². The van der Waals surface area contributed by atoms with Crippen LogP contribution in [0.2, 0.25) is 0 Å². The monoisotopic (exact) mass is 295 g/mol. The highest BCUT2D eigenvalue weighted by atomic mass is 32.2. The Bertz CT molecular complexity index is 502. The molecule has 1 amide bonds. The van der Waals surface area contributed by atoms with Crippen LogP contribution < -0.4 is 0 Å². The molecule has 6 heteroatoms. The summed E-state index contributed by atoms with van der Waals surface area (Å²) in [5.41, 5.74) is 0.570. The molecule has 0 aromatic heterocycles. The minimum atomic E-state index is -1.04. The van der Waals surface area contributed by atoms with Gasteiger partial charge in [-0.3, -0.25) is 4.79 Å². The molecule has 0 radical (unpaired) electrons. The van der Waals surface area contributed by atoms with Crippen molar-refractivity contribution in [3.63, 3.8) is 0 Å². The second-order valence-corrected chi connectivity index (χ2v) is 5.59. The Morgan fingerprint density at radius 1 is 1.30 bits per heavy atom. The number of amides is 1.